The molecule has 0 unspecified atom stereocenters. The molecule has 118 valence electrons. The number of aromatic nitrogens is 1. The molecule has 0 N–H and O–H groups in total. The zero-order valence-electron chi connectivity index (χ0n) is 12.6. The number of halogens is 2. The molecular weight excluding hydrogens is 290 g/mol. The van der Waals surface area contributed by atoms with Crippen molar-refractivity contribution in [3.05, 3.63) is 46.9 Å². The summed E-state index contributed by atoms with van der Waals surface area (Å²) in [5.41, 5.74) is 0.996. The SMILES string of the molecule is COc1ccc(F)c(F)c1CN(C)Cc1cc(C2CC2)on1. The maximum absolute atomic E-state index is 14.0. The third kappa shape index (κ3) is 3.11. The Labute approximate surface area is 127 Å². The van der Waals surface area contributed by atoms with Crippen LogP contribution in [0.2, 0.25) is 0 Å². The van der Waals surface area contributed by atoms with E-state index in [-0.39, 0.29) is 12.1 Å². The van der Waals surface area contributed by atoms with Gasteiger partial charge in [-0.05, 0) is 32.0 Å². The molecule has 0 aliphatic heterocycles. The number of methoxy groups -OCH3 is 1. The molecule has 0 bridgehead atoms. The molecule has 1 aliphatic rings. The number of rotatable bonds is 6. The molecule has 6 heteroatoms. The lowest BCUT2D eigenvalue weighted by molar-refractivity contribution is 0.287. The summed E-state index contributed by atoms with van der Waals surface area (Å²) >= 11 is 0. The van der Waals surface area contributed by atoms with Crippen LogP contribution in [0.3, 0.4) is 0 Å². The van der Waals surface area contributed by atoms with Crippen LogP contribution in [-0.4, -0.2) is 24.2 Å². The van der Waals surface area contributed by atoms with Crippen LogP contribution in [0.5, 0.6) is 5.75 Å². The van der Waals surface area contributed by atoms with Gasteiger partial charge in [-0.2, -0.15) is 0 Å². The highest BCUT2D eigenvalue weighted by molar-refractivity contribution is 5.35. The van der Waals surface area contributed by atoms with Crippen molar-refractivity contribution in [1.82, 2.24) is 10.1 Å². The first kappa shape index (κ1) is 15.0. The van der Waals surface area contributed by atoms with Crippen LogP contribution >= 0.6 is 0 Å². The van der Waals surface area contributed by atoms with Gasteiger partial charge in [0.05, 0.1) is 12.8 Å². The largest absolute Gasteiger partial charge is 0.496 e. The topological polar surface area (TPSA) is 38.5 Å². The summed E-state index contributed by atoms with van der Waals surface area (Å²) in [5.74, 6) is 0.0153. The van der Waals surface area contributed by atoms with Crippen LogP contribution in [0.15, 0.2) is 22.7 Å². The molecule has 1 saturated carbocycles. The fraction of sp³-hybridized carbons (Fsp3) is 0.438. The molecule has 0 atom stereocenters. The third-order valence-electron chi connectivity index (χ3n) is 3.79. The molecule has 0 spiro atoms. The van der Waals surface area contributed by atoms with E-state index in [2.05, 4.69) is 5.16 Å². The number of hydrogen-bond acceptors (Lipinski definition) is 4. The monoisotopic (exact) mass is 308 g/mol. The molecule has 0 amide bonds. The molecule has 1 aliphatic carbocycles. The Hall–Kier alpha value is -1.95. The Bertz CT molecular complexity index is 668. The van der Waals surface area contributed by atoms with Gasteiger partial charge in [-0.15, -0.1) is 0 Å². The summed E-state index contributed by atoms with van der Waals surface area (Å²) in [6.45, 7) is 0.716. The first-order valence-electron chi connectivity index (χ1n) is 7.23. The van der Waals surface area contributed by atoms with Crippen molar-refractivity contribution in [3.8, 4) is 5.75 Å². The summed E-state index contributed by atoms with van der Waals surface area (Å²) in [5, 5.41) is 4.03. The van der Waals surface area contributed by atoms with Crippen LogP contribution in [-0.2, 0) is 13.1 Å². The average molecular weight is 308 g/mol. The van der Waals surface area contributed by atoms with Gasteiger partial charge < -0.3 is 9.26 Å². The lowest BCUT2D eigenvalue weighted by atomic mass is 10.1. The summed E-state index contributed by atoms with van der Waals surface area (Å²) < 4.78 is 37.7. The molecular formula is C16H18F2N2O2. The van der Waals surface area contributed by atoms with Crippen molar-refractivity contribution in [3.63, 3.8) is 0 Å². The molecule has 22 heavy (non-hydrogen) atoms. The van der Waals surface area contributed by atoms with E-state index in [0.29, 0.717) is 18.2 Å². The minimum Gasteiger partial charge on any atom is -0.496 e. The predicted molar refractivity (Wildman–Crippen MR) is 76.6 cm³/mol. The van der Waals surface area contributed by atoms with Crippen molar-refractivity contribution >= 4 is 0 Å². The second kappa shape index (κ2) is 6.04. The highest BCUT2D eigenvalue weighted by atomic mass is 19.2. The minimum absolute atomic E-state index is 0.205. The van der Waals surface area contributed by atoms with Gasteiger partial charge in [0, 0.05) is 30.6 Å². The van der Waals surface area contributed by atoms with Gasteiger partial charge in [0.15, 0.2) is 11.6 Å². The summed E-state index contributed by atoms with van der Waals surface area (Å²) in [4.78, 5) is 1.84. The molecule has 2 aromatic rings. The van der Waals surface area contributed by atoms with Crippen LogP contribution in [0.4, 0.5) is 8.78 Å². The maximum Gasteiger partial charge on any atom is 0.167 e. The lowest BCUT2D eigenvalue weighted by Crippen LogP contribution is -2.19. The van der Waals surface area contributed by atoms with E-state index in [9.17, 15) is 8.78 Å². The zero-order valence-corrected chi connectivity index (χ0v) is 12.6. The maximum atomic E-state index is 14.0. The van der Waals surface area contributed by atoms with Crippen molar-refractivity contribution in [2.45, 2.75) is 31.8 Å². The van der Waals surface area contributed by atoms with E-state index >= 15 is 0 Å². The Morgan fingerprint density at radius 3 is 2.77 bits per heavy atom. The summed E-state index contributed by atoms with van der Waals surface area (Å²) in [7, 11) is 3.25. The average Bonchev–Trinajstić information content (AvgIpc) is 3.25. The molecule has 1 fully saturated rings. The van der Waals surface area contributed by atoms with E-state index in [1.165, 1.54) is 13.2 Å². The van der Waals surface area contributed by atoms with E-state index in [0.717, 1.165) is 30.4 Å². The van der Waals surface area contributed by atoms with Crippen molar-refractivity contribution in [1.29, 1.82) is 0 Å². The number of ether oxygens (including phenoxy) is 1. The van der Waals surface area contributed by atoms with Gasteiger partial charge in [0.1, 0.15) is 11.5 Å². The molecule has 0 radical (unpaired) electrons. The van der Waals surface area contributed by atoms with Crippen molar-refractivity contribution in [2.24, 2.45) is 0 Å². The van der Waals surface area contributed by atoms with E-state index in [1.807, 2.05) is 18.0 Å². The smallest absolute Gasteiger partial charge is 0.167 e. The Morgan fingerprint density at radius 2 is 2.09 bits per heavy atom. The van der Waals surface area contributed by atoms with E-state index in [4.69, 9.17) is 9.26 Å². The Morgan fingerprint density at radius 1 is 1.32 bits per heavy atom. The summed E-state index contributed by atoms with van der Waals surface area (Å²) in [6.07, 6.45) is 2.30. The first-order chi connectivity index (χ1) is 10.6. The quantitative estimate of drug-likeness (QED) is 0.819. The van der Waals surface area contributed by atoms with Gasteiger partial charge in [-0.1, -0.05) is 5.16 Å². The normalized spacial score (nSPS) is 14.6. The minimum atomic E-state index is -0.873. The standard InChI is InChI=1S/C16H18F2N2O2/c1-20(8-11-7-15(22-19-11)10-3-4-10)9-12-14(21-2)6-5-13(17)16(12)18/h5-7,10H,3-4,8-9H2,1-2H3. The molecule has 1 aromatic heterocycles. The second-order valence-corrected chi connectivity index (χ2v) is 5.71. The Balaban J connectivity index is 1.70. The molecule has 0 saturated heterocycles. The molecule has 3 rings (SSSR count). The van der Waals surface area contributed by atoms with Crippen molar-refractivity contribution < 1.29 is 18.0 Å². The Kier molecular flexibility index (Phi) is 4.11. The third-order valence-corrected chi connectivity index (χ3v) is 3.79. The van der Waals surface area contributed by atoms with Crippen LogP contribution < -0.4 is 4.74 Å². The van der Waals surface area contributed by atoms with Gasteiger partial charge in [-0.3, -0.25) is 4.90 Å². The number of hydrogen-bond donors (Lipinski definition) is 0. The van der Waals surface area contributed by atoms with Crippen LogP contribution in [0.25, 0.3) is 0 Å². The first-order valence-corrected chi connectivity index (χ1v) is 7.23. The highest BCUT2D eigenvalue weighted by Crippen LogP contribution is 2.40. The highest BCUT2D eigenvalue weighted by Gasteiger charge is 2.28. The molecule has 1 heterocycles. The predicted octanol–water partition coefficient (Wildman–Crippen LogP) is 3.47. The van der Waals surface area contributed by atoms with Crippen LogP contribution in [0.1, 0.15) is 35.8 Å². The summed E-state index contributed by atoms with van der Waals surface area (Å²) in [6, 6.07) is 4.44. The zero-order chi connectivity index (χ0) is 15.7. The molecule has 4 nitrogen and oxygen atoms in total. The van der Waals surface area contributed by atoms with Crippen molar-refractivity contribution in [2.75, 3.05) is 14.2 Å². The van der Waals surface area contributed by atoms with Crippen LogP contribution in [0, 0.1) is 11.6 Å². The molecule has 1 aromatic carbocycles. The van der Waals surface area contributed by atoms with Gasteiger partial charge in [0.2, 0.25) is 0 Å². The second-order valence-electron chi connectivity index (χ2n) is 5.71. The van der Waals surface area contributed by atoms with E-state index in [1.54, 1.807) is 0 Å². The number of nitrogens with zero attached hydrogens (tertiary/aromatic N) is 2. The van der Waals surface area contributed by atoms with Gasteiger partial charge in [-0.25, -0.2) is 8.78 Å². The lowest BCUT2D eigenvalue weighted by Gasteiger charge is -2.17. The van der Waals surface area contributed by atoms with Gasteiger partial charge >= 0.3 is 0 Å². The van der Waals surface area contributed by atoms with Gasteiger partial charge in [0.25, 0.3) is 0 Å². The number of benzene rings is 1. The van der Waals surface area contributed by atoms with E-state index < -0.39 is 11.6 Å². The fourth-order valence-electron chi connectivity index (χ4n) is 2.48. The fourth-order valence-corrected chi connectivity index (χ4v) is 2.48.